The van der Waals surface area contributed by atoms with Crippen molar-refractivity contribution in [2.24, 2.45) is 0 Å². The normalized spacial score (nSPS) is 20.6. The molecule has 7 nitrogen and oxygen atoms in total. The van der Waals surface area contributed by atoms with Gasteiger partial charge in [-0.25, -0.2) is 8.42 Å². The van der Waals surface area contributed by atoms with E-state index in [0.717, 1.165) is 20.0 Å². The minimum atomic E-state index is -3.92. The molecule has 8 heteroatoms. The van der Waals surface area contributed by atoms with Crippen LogP contribution in [0, 0.1) is 0 Å². The Labute approximate surface area is 113 Å². The molecule has 0 spiro atoms. The van der Waals surface area contributed by atoms with Crippen molar-refractivity contribution in [2.45, 2.75) is 31.1 Å². The zero-order chi connectivity index (χ0) is 14.6. The summed E-state index contributed by atoms with van der Waals surface area (Å²) in [6.07, 6.45) is 1.31. The Hall–Kier alpha value is -0.700. The van der Waals surface area contributed by atoms with Crippen molar-refractivity contribution in [3.05, 3.63) is 0 Å². The van der Waals surface area contributed by atoms with E-state index >= 15 is 0 Å². The summed E-state index contributed by atoms with van der Waals surface area (Å²) < 4.78 is 25.7. The third-order valence-corrected chi connectivity index (χ3v) is 5.77. The molecule has 0 saturated carbocycles. The summed E-state index contributed by atoms with van der Waals surface area (Å²) in [5, 5.41) is 16.5. The van der Waals surface area contributed by atoms with Crippen molar-refractivity contribution >= 4 is 16.0 Å². The molecule has 1 aliphatic heterocycles. The maximum Gasteiger partial charge on any atom is 0.323 e. The molecule has 1 fully saturated rings. The molecular weight excluding hydrogens is 272 g/mol. The number of aliphatic carboxylic acids is 1. The smallest absolute Gasteiger partial charge is 0.323 e. The van der Waals surface area contributed by atoms with Gasteiger partial charge in [0.2, 0.25) is 10.0 Å². The van der Waals surface area contributed by atoms with Crippen molar-refractivity contribution < 1.29 is 23.4 Å². The van der Waals surface area contributed by atoms with Gasteiger partial charge >= 0.3 is 5.97 Å². The van der Waals surface area contributed by atoms with E-state index in [0.29, 0.717) is 12.8 Å². The number of nitrogens with zero attached hydrogens (tertiary/aromatic N) is 2. The first-order chi connectivity index (χ1) is 8.80. The van der Waals surface area contributed by atoms with Crippen LogP contribution in [-0.2, 0) is 14.8 Å². The van der Waals surface area contributed by atoms with Gasteiger partial charge < -0.3 is 15.1 Å². The molecule has 1 heterocycles. The number of sulfonamides is 1. The van der Waals surface area contributed by atoms with Crippen LogP contribution in [-0.4, -0.2) is 78.4 Å². The van der Waals surface area contributed by atoms with Crippen LogP contribution in [0.25, 0.3) is 0 Å². The van der Waals surface area contributed by atoms with E-state index < -0.39 is 21.2 Å². The fourth-order valence-corrected chi connectivity index (χ4v) is 3.85. The topological polar surface area (TPSA) is 98.1 Å². The van der Waals surface area contributed by atoms with Crippen molar-refractivity contribution in [2.75, 3.05) is 33.3 Å². The number of likely N-dealkylation sites (tertiary alicyclic amines) is 1. The van der Waals surface area contributed by atoms with Gasteiger partial charge in [-0.05, 0) is 39.9 Å². The molecule has 0 aromatic heterocycles. The first-order valence-corrected chi connectivity index (χ1v) is 7.84. The van der Waals surface area contributed by atoms with Gasteiger partial charge in [-0.15, -0.1) is 0 Å². The third kappa shape index (κ3) is 3.88. The zero-order valence-electron chi connectivity index (χ0n) is 11.3. The number of carboxylic acid groups (broad SMARTS) is 1. The quantitative estimate of drug-likeness (QED) is 0.664. The molecule has 1 aliphatic rings. The summed E-state index contributed by atoms with van der Waals surface area (Å²) >= 11 is 0. The van der Waals surface area contributed by atoms with Gasteiger partial charge in [0, 0.05) is 12.6 Å². The van der Waals surface area contributed by atoms with E-state index in [1.54, 1.807) is 0 Å². The van der Waals surface area contributed by atoms with Gasteiger partial charge in [0.05, 0.1) is 6.61 Å². The molecule has 1 saturated heterocycles. The Morgan fingerprint density at radius 1 is 1.42 bits per heavy atom. The number of aliphatic hydroxyl groups is 1. The molecule has 0 aromatic rings. The maximum atomic E-state index is 12.3. The second-order valence-corrected chi connectivity index (χ2v) is 7.10. The predicted octanol–water partition coefficient (Wildman–Crippen LogP) is -0.822. The lowest BCUT2D eigenvalue weighted by atomic mass is 10.1. The number of hydrogen-bond donors (Lipinski definition) is 2. The molecule has 112 valence electrons. The fraction of sp³-hybridized carbons (Fsp3) is 0.909. The van der Waals surface area contributed by atoms with E-state index in [1.165, 1.54) is 4.31 Å². The van der Waals surface area contributed by atoms with Gasteiger partial charge in [0.25, 0.3) is 0 Å². The third-order valence-electron chi connectivity index (χ3n) is 3.54. The minimum Gasteiger partial charge on any atom is -0.480 e. The Balaban J connectivity index is 2.90. The number of hydrogen-bond acceptors (Lipinski definition) is 5. The second-order valence-electron chi connectivity index (χ2n) is 4.89. The number of carboxylic acids is 1. The number of aliphatic hydroxyl groups excluding tert-OH is 1. The lowest BCUT2D eigenvalue weighted by Gasteiger charge is -2.36. The molecule has 1 rings (SSSR count). The highest BCUT2D eigenvalue weighted by atomic mass is 32.2. The zero-order valence-corrected chi connectivity index (χ0v) is 12.1. The first kappa shape index (κ1) is 16.4. The van der Waals surface area contributed by atoms with Gasteiger partial charge in [-0.2, -0.15) is 4.31 Å². The average Bonchev–Trinajstić information content (AvgIpc) is 2.36. The van der Waals surface area contributed by atoms with E-state index in [4.69, 9.17) is 10.2 Å². The van der Waals surface area contributed by atoms with Crippen molar-refractivity contribution in [1.29, 1.82) is 0 Å². The van der Waals surface area contributed by atoms with Crippen LogP contribution in [0.2, 0.25) is 0 Å². The maximum absolute atomic E-state index is 12.3. The van der Waals surface area contributed by atoms with Crippen LogP contribution in [0.1, 0.15) is 19.8 Å². The second kappa shape index (κ2) is 6.65. The molecule has 0 bridgehead atoms. The van der Waals surface area contributed by atoms with Gasteiger partial charge in [0.15, 0.2) is 5.25 Å². The standard InChI is InChI=1S/C11H22N2O5S/c1-9(11(15)16)19(17,18)13(7-8-14)10-3-5-12(2)6-4-10/h9-10,14H,3-8H2,1-2H3,(H,15,16). The lowest BCUT2D eigenvalue weighted by molar-refractivity contribution is -0.136. The van der Waals surface area contributed by atoms with Crippen LogP contribution in [0.5, 0.6) is 0 Å². The van der Waals surface area contributed by atoms with E-state index in [9.17, 15) is 13.2 Å². The van der Waals surface area contributed by atoms with Crippen LogP contribution in [0.4, 0.5) is 0 Å². The predicted molar refractivity (Wildman–Crippen MR) is 70.3 cm³/mol. The summed E-state index contributed by atoms with van der Waals surface area (Å²) in [6.45, 7) is 2.34. The van der Waals surface area contributed by atoms with Crippen molar-refractivity contribution in [1.82, 2.24) is 9.21 Å². The average molecular weight is 294 g/mol. The summed E-state index contributed by atoms with van der Waals surface area (Å²) in [5.41, 5.74) is 0. The largest absolute Gasteiger partial charge is 0.480 e. The van der Waals surface area contributed by atoms with Crippen LogP contribution in [0.15, 0.2) is 0 Å². The van der Waals surface area contributed by atoms with E-state index in [-0.39, 0.29) is 19.2 Å². The number of rotatable bonds is 6. The molecule has 0 amide bonds. The molecule has 1 atom stereocenters. The summed E-state index contributed by atoms with van der Waals surface area (Å²) in [7, 11) is -1.97. The molecule has 1 unspecified atom stereocenters. The molecule has 0 radical (unpaired) electrons. The van der Waals surface area contributed by atoms with E-state index in [1.807, 2.05) is 7.05 Å². The highest BCUT2D eigenvalue weighted by Crippen LogP contribution is 2.21. The Bertz CT molecular complexity index is 403. The van der Waals surface area contributed by atoms with Gasteiger partial charge in [0.1, 0.15) is 0 Å². The van der Waals surface area contributed by atoms with Gasteiger partial charge in [-0.1, -0.05) is 0 Å². The Kier molecular flexibility index (Phi) is 5.72. The minimum absolute atomic E-state index is 0.0473. The van der Waals surface area contributed by atoms with Crippen molar-refractivity contribution in [3.63, 3.8) is 0 Å². The molecule has 0 aromatic carbocycles. The molecule has 0 aliphatic carbocycles. The Morgan fingerprint density at radius 3 is 2.37 bits per heavy atom. The van der Waals surface area contributed by atoms with Crippen LogP contribution in [0.3, 0.4) is 0 Å². The number of piperidine rings is 1. The summed E-state index contributed by atoms with van der Waals surface area (Å²) in [6, 6.07) is -0.227. The molecule has 19 heavy (non-hydrogen) atoms. The fourth-order valence-electron chi connectivity index (χ4n) is 2.23. The van der Waals surface area contributed by atoms with Gasteiger partial charge in [-0.3, -0.25) is 4.79 Å². The van der Waals surface area contributed by atoms with Crippen molar-refractivity contribution in [3.8, 4) is 0 Å². The Morgan fingerprint density at radius 2 is 1.95 bits per heavy atom. The van der Waals surface area contributed by atoms with Crippen LogP contribution < -0.4 is 0 Å². The first-order valence-electron chi connectivity index (χ1n) is 6.33. The summed E-state index contributed by atoms with van der Waals surface area (Å²) in [5.74, 6) is -1.36. The van der Waals surface area contributed by atoms with E-state index in [2.05, 4.69) is 4.90 Å². The monoisotopic (exact) mass is 294 g/mol. The molecular formula is C11H22N2O5S. The highest BCUT2D eigenvalue weighted by Gasteiger charge is 2.38. The summed E-state index contributed by atoms with van der Waals surface area (Å²) in [4.78, 5) is 13.0. The molecule has 2 N–H and O–H groups in total. The number of carbonyl (C=O) groups is 1. The SMILES string of the molecule is CC(C(=O)O)S(=O)(=O)N(CCO)C1CCN(C)CC1. The highest BCUT2D eigenvalue weighted by molar-refractivity contribution is 7.90. The van der Waals surface area contributed by atoms with Crippen LogP contribution >= 0.6 is 0 Å². The lowest BCUT2D eigenvalue weighted by Crippen LogP contribution is -2.51.